The Hall–Kier alpha value is -2.53. The molecule has 0 saturated carbocycles. The zero-order valence-electron chi connectivity index (χ0n) is 12.9. The van der Waals surface area contributed by atoms with Gasteiger partial charge in [-0.3, -0.25) is 0 Å². The standard InChI is InChI=1S/C17H21N3O2/c1-20(14-8-4-3-5-9-14)16-11-7-6-10-15(16)19-17(21)18-12-13-22-2/h3-11H,12-13H2,1-2H3,(H2,18,19,21). The number of hydrogen-bond acceptors (Lipinski definition) is 3. The van der Waals surface area contributed by atoms with Crippen molar-refractivity contribution in [1.29, 1.82) is 0 Å². The highest BCUT2D eigenvalue weighted by molar-refractivity contribution is 5.94. The fourth-order valence-electron chi connectivity index (χ4n) is 2.10. The maximum absolute atomic E-state index is 11.9. The van der Waals surface area contributed by atoms with E-state index in [0.717, 1.165) is 17.1 Å². The molecular weight excluding hydrogens is 278 g/mol. The molecule has 2 amide bonds. The molecule has 0 radical (unpaired) electrons. The molecule has 0 fully saturated rings. The number of para-hydroxylation sites is 3. The Bertz CT molecular complexity index is 602. The number of carbonyl (C=O) groups excluding carboxylic acids is 1. The summed E-state index contributed by atoms with van der Waals surface area (Å²) in [5, 5.41) is 5.62. The smallest absolute Gasteiger partial charge is 0.319 e. The zero-order valence-corrected chi connectivity index (χ0v) is 12.9. The minimum Gasteiger partial charge on any atom is -0.383 e. The molecule has 2 aromatic carbocycles. The summed E-state index contributed by atoms with van der Waals surface area (Å²) in [5.41, 5.74) is 2.73. The van der Waals surface area contributed by atoms with Gasteiger partial charge in [-0.15, -0.1) is 0 Å². The lowest BCUT2D eigenvalue weighted by Crippen LogP contribution is -2.31. The second-order valence-electron chi connectivity index (χ2n) is 4.79. The lowest BCUT2D eigenvalue weighted by molar-refractivity contribution is 0.198. The fraction of sp³-hybridized carbons (Fsp3) is 0.235. The number of nitrogens with zero attached hydrogens (tertiary/aromatic N) is 1. The van der Waals surface area contributed by atoms with Crippen LogP contribution in [0.5, 0.6) is 0 Å². The summed E-state index contributed by atoms with van der Waals surface area (Å²) in [5.74, 6) is 0. The number of rotatable bonds is 6. The van der Waals surface area contributed by atoms with Gasteiger partial charge in [-0.25, -0.2) is 4.79 Å². The van der Waals surface area contributed by atoms with E-state index in [2.05, 4.69) is 10.6 Å². The van der Waals surface area contributed by atoms with Crippen molar-refractivity contribution in [3.8, 4) is 0 Å². The lowest BCUT2D eigenvalue weighted by Gasteiger charge is -2.22. The molecule has 0 aliphatic rings. The van der Waals surface area contributed by atoms with E-state index in [-0.39, 0.29) is 6.03 Å². The quantitative estimate of drug-likeness (QED) is 0.805. The highest BCUT2D eigenvalue weighted by Crippen LogP contribution is 2.30. The SMILES string of the molecule is COCCNC(=O)Nc1ccccc1N(C)c1ccccc1. The first-order chi connectivity index (χ1) is 10.7. The first-order valence-electron chi connectivity index (χ1n) is 7.14. The lowest BCUT2D eigenvalue weighted by atomic mass is 10.2. The first-order valence-corrected chi connectivity index (χ1v) is 7.14. The van der Waals surface area contributed by atoms with Crippen molar-refractivity contribution in [3.63, 3.8) is 0 Å². The van der Waals surface area contributed by atoms with Gasteiger partial charge in [0.25, 0.3) is 0 Å². The van der Waals surface area contributed by atoms with Crippen molar-refractivity contribution in [2.75, 3.05) is 37.5 Å². The maximum Gasteiger partial charge on any atom is 0.319 e. The van der Waals surface area contributed by atoms with Gasteiger partial charge in [0.15, 0.2) is 0 Å². The Balaban J connectivity index is 2.11. The van der Waals surface area contributed by atoms with E-state index in [9.17, 15) is 4.79 Å². The second-order valence-corrected chi connectivity index (χ2v) is 4.79. The molecule has 0 aromatic heterocycles. The van der Waals surface area contributed by atoms with E-state index in [1.807, 2.05) is 66.5 Å². The van der Waals surface area contributed by atoms with Crippen molar-refractivity contribution in [1.82, 2.24) is 5.32 Å². The monoisotopic (exact) mass is 299 g/mol. The average Bonchev–Trinajstić information content (AvgIpc) is 2.56. The molecule has 22 heavy (non-hydrogen) atoms. The van der Waals surface area contributed by atoms with E-state index in [0.29, 0.717) is 13.2 Å². The van der Waals surface area contributed by atoms with Crippen LogP contribution in [0.15, 0.2) is 54.6 Å². The minimum atomic E-state index is -0.244. The molecule has 2 N–H and O–H groups in total. The summed E-state index contributed by atoms with van der Waals surface area (Å²) < 4.78 is 4.91. The Morgan fingerprint density at radius 1 is 1.09 bits per heavy atom. The van der Waals surface area contributed by atoms with Gasteiger partial charge in [0.2, 0.25) is 0 Å². The third-order valence-corrected chi connectivity index (χ3v) is 3.25. The molecule has 0 unspecified atom stereocenters. The van der Waals surface area contributed by atoms with Crippen LogP contribution in [0, 0.1) is 0 Å². The Labute approximate surface area is 130 Å². The first kappa shape index (κ1) is 15.9. The van der Waals surface area contributed by atoms with Crippen LogP contribution in [0.25, 0.3) is 0 Å². The van der Waals surface area contributed by atoms with Gasteiger partial charge in [0.1, 0.15) is 0 Å². The average molecular weight is 299 g/mol. The van der Waals surface area contributed by atoms with Crippen LogP contribution in [-0.2, 0) is 4.74 Å². The third-order valence-electron chi connectivity index (χ3n) is 3.25. The van der Waals surface area contributed by atoms with Crippen LogP contribution in [0.3, 0.4) is 0 Å². The van der Waals surface area contributed by atoms with Crippen LogP contribution in [0.4, 0.5) is 21.9 Å². The van der Waals surface area contributed by atoms with Gasteiger partial charge in [0, 0.05) is 26.4 Å². The molecule has 116 valence electrons. The minimum absolute atomic E-state index is 0.244. The zero-order chi connectivity index (χ0) is 15.8. The predicted molar refractivity (Wildman–Crippen MR) is 89.8 cm³/mol. The van der Waals surface area contributed by atoms with E-state index in [4.69, 9.17) is 4.74 Å². The van der Waals surface area contributed by atoms with Crippen LogP contribution in [0.2, 0.25) is 0 Å². The molecule has 0 heterocycles. The number of methoxy groups -OCH3 is 1. The molecule has 0 aliphatic carbocycles. The predicted octanol–water partition coefficient (Wildman–Crippen LogP) is 3.22. The second kappa shape index (κ2) is 8.05. The van der Waals surface area contributed by atoms with Crippen molar-refractivity contribution in [2.45, 2.75) is 0 Å². The van der Waals surface area contributed by atoms with Gasteiger partial charge < -0.3 is 20.3 Å². The van der Waals surface area contributed by atoms with Crippen molar-refractivity contribution in [3.05, 3.63) is 54.6 Å². The molecule has 2 aromatic rings. The number of hydrogen-bond donors (Lipinski definition) is 2. The van der Waals surface area contributed by atoms with Crippen molar-refractivity contribution in [2.24, 2.45) is 0 Å². The summed E-state index contributed by atoms with van der Waals surface area (Å²) in [6, 6.07) is 17.4. The number of ether oxygens (including phenoxy) is 1. The fourth-order valence-corrected chi connectivity index (χ4v) is 2.10. The van der Waals surface area contributed by atoms with Crippen LogP contribution in [-0.4, -0.2) is 33.3 Å². The van der Waals surface area contributed by atoms with Crippen LogP contribution >= 0.6 is 0 Å². The summed E-state index contributed by atoms with van der Waals surface area (Å²) in [7, 11) is 3.57. The van der Waals surface area contributed by atoms with E-state index >= 15 is 0 Å². The molecule has 5 nitrogen and oxygen atoms in total. The number of anilines is 3. The molecule has 0 atom stereocenters. The van der Waals surface area contributed by atoms with Crippen molar-refractivity contribution >= 4 is 23.1 Å². The summed E-state index contributed by atoms with van der Waals surface area (Å²) in [6.07, 6.45) is 0. The third kappa shape index (κ3) is 4.23. The molecule has 0 spiro atoms. The summed E-state index contributed by atoms with van der Waals surface area (Å²) in [6.45, 7) is 0.956. The normalized spacial score (nSPS) is 10.1. The number of urea groups is 1. The topological polar surface area (TPSA) is 53.6 Å². The molecule has 5 heteroatoms. The van der Waals surface area contributed by atoms with Gasteiger partial charge in [0.05, 0.1) is 18.0 Å². The highest BCUT2D eigenvalue weighted by Gasteiger charge is 2.10. The van der Waals surface area contributed by atoms with E-state index in [1.54, 1.807) is 7.11 Å². The van der Waals surface area contributed by atoms with Gasteiger partial charge >= 0.3 is 6.03 Å². The molecular formula is C17H21N3O2. The van der Waals surface area contributed by atoms with Crippen molar-refractivity contribution < 1.29 is 9.53 Å². The van der Waals surface area contributed by atoms with E-state index in [1.165, 1.54) is 0 Å². The summed E-state index contributed by atoms with van der Waals surface area (Å²) >= 11 is 0. The number of carbonyl (C=O) groups is 1. The molecule has 0 aliphatic heterocycles. The van der Waals surface area contributed by atoms with Crippen LogP contribution in [0.1, 0.15) is 0 Å². The Morgan fingerprint density at radius 3 is 2.50 bits per heavy atom. The van der Waals surface area contributed by atoms with Gasteiger partial charge in [-0.1, -0.05) is 30.3 Å². The van der Waals surface area contributed by atoms with Crippen LogP contribution < -0.4 is 15.5 Å². The highest BCUT2D eigenvalue weighted by atomic mass is 16.5. The van der Waals surface area contributed by atoms with Gasteiger partial charge in [-0.05, 0) is 24.3 Å². The molecule has 2 rings (SSSR count). The Kier molecular flexibility index (Phi) is 5.80. The molecule has 0 saturated heterocycles. The Morgan fingerprint density at radius 2 is 1.77 bits per heavy atom. The van der Waals surface area contributed by atoms with E-state index < -0.39 is 0 Å². The number of benzene rings is 2. The number of amides is 2. The maximum atomic E-state index is 11.9. The number of nitrogens with one attached hydrogen (secondary N) is 2. The summed E-state index contributed by atoms with van der Waals surface area (Å²) in [4.78, 5) is 13.9. The van der Waals surface area contributed by atoms with Gasteiger partial charge in [-0.2, -0.15) is 0 Å². The molecule has 0 bridgehead atoms. The largest absolute Gasteiger partial charge is 0.383 e.